The summed E-state index contributed by atoms with van der Waals surface area (Å²) >= 11 is 6.46. The molecule has 0 radical (unpaired) electrons. The van der Waals surface area contributed by atoms with Crippen LogP contribution in [0.15, 0.2) is 47.4 Å². The van der Waals surface area contributed by atoms with Crippen LogP contribution in [0.2, 0.25) is 0 Å². The molecule has 0 saturated carbocycles. The Bertz CT molecular complexity index is 1040. The van der Waals surface area contributed by atoms with Crippen molar-refractivity contribution >= 4 is 39.8 Å². The first-order valence-electron chi connectivity index (χ1n) is 10.1. The number of amides is 1. The minimum atomic E-state index is -0.886. The van der Waals surface area contributed by atoms with Crippen molar-refractivity contribution in [3.63, 3.8) is 0 Å². The SMILES string of the molecule is O=C1NC(=S)S/C1=C(/CCCN1CCOCC1)c1cccc(-c2ccc(F)c(F)c2)c1. The summed E-state index contributed by atoms with van der Waals surface area (Å²) in [5.74, 6) is -1.95. The van der Waals surface area contributed by atoms with E-state index in [1.54, 1.807) is 6.07 Å². The number of morpholine rings is 1. The second-order valence-corrected chi connectivity index (χ2v) is 9.11. The Hall–Kier alpha value is -2.13. The molecule has 0 atom stereocenters. The number of nitrogens with one attached hydrogen (secondary N) is 1. The number of thioether (sulfide) groups is 1. The summed E-state index contributed by atoms with van der Waals surface area (Å²) in [5.41, 5.74) is 3.14. The van der Waals surface area contributed by atoms with Crippen LogP contribution in [0.4, 0.5) is 8.78 Å². The zero-order valence-electron chi connectivity index (χ0n) is 16.8. The average molecular weight is 461 g/mol. The van der Waals surface area contributed by atoms with E-state index in [1.165, 1.54) is 17.8 Å². The molecule has 1 N–H and O–H groups in total. The fourth-order valence-corrected chi connectivity index (χ4v) is 4.93. The largest absolute Gasteiger partial charge is 0.379 e. The van der Waals surface area contributed by atoms with Gasteiger partial charge in [-0.15, -0.1) is 0 Å². The van der Waals surface area contributed by atoms with Gasteiger partial charge in [-0.3, -0.25) is 9.69 Å². The number of nitrogens with zero attached hydrogens (tertiary/aromatic N) is 1. The number of benzene rings is 2. The first kappa shape index (κ1) is 22.1. The van der Waals surface area contributed by atoms with Crippen LogP contribution >= 0.6 is 24.0 Å². The predicted molar refractivity (Wildman–Crippen MR) is 124 cm³/mol. The maximum atomic E-state index is 13.7. The molecule has 0 spiro atoms. The summed E-state index contributed by atoms with van der Waals surface area (Å²) in [6.07, 6.45) is 1.59. The highest BCUT2D eigenvalue weighted by atomic mass is 32.2. The molecule has 2 heterocycles. The van der Waals surface area contributed by atoms with Crippen molar-refractivity contribution in [1.82, 2.24) is 10.2 Å². The minimum absolute atomic E-state index is 0.186. The Kier molecular flexibility index (Phi) is 7.12. The summed E-state index contributed by atoms with van der Waals surface area (Å²) in [7, 11) is 0. The second kappa shape index (κ2) is 9.99. The topological polar surface area (TPSA) is 41.6 Å². The lowest BCUT2D eigenvalue weighted by Crippen LogP contribution is -2.36. The van der Waals surface area contributed by atoms with Gasteiger partial charge in [0.05, 0.1) is 18.1 Å². The number of halogens is 2. The van der Waals surface area contributed by atoms with Crippen LogP contribution in [0.3, 0.4) is 0 Å². The van der Waals surface area contributed by atoms with Crippen molar-refractivity contribution < 1.29 is 18.3 Å². The van der Waals surface area contributed by atoms with Gasteiger partial charge in [0.15, 0.2) is 11.6 Å². The van der Waals surface area contributed by atoms with Gasteiger partial charge in [-0.2, -0.15) is 0 Å². The van der Waals surface area contributed by atoms with Gasteiger partial charge in [-0.05, 0) is 59.8 Å². The average Bonchev–Trinajstić information content (AvgIpc) is 3.11. The van der Waals surface area contributed by atoms with Crippen molar-refractivity contribution in [3.05, 3.63) is 64.6 Å². The number of allylic oxidation sites excluding steroid dienone is 1. The third-order valence-corrected chi connectivity index (χ3v) is 6.63. The molecular weight excluding hydrogens is 438 g/mol. The lowest BCUT2D eigenvalue weighted by atomic mass is 9.95. The van der Waals surface area contributed by atoms with Gasteiger partial charge in [-0.1, -0.05) is 48.2 Å². The van der Waals surface area contributed by atoms with E-state index in [2.05, 4.69) is 10.2 Å². The van der Waals surface area contributed by atoms with E-state index >= 15 is 0 Å². The quantitative estimate of drug-likeness (QED) is 0.504. The van der Waals surface area contributed by atoms with Crippen LogP contribution in [-0.4, -0.2) is 48.0 Å². The molecule has 8 heteroatoms. The van der Waals surface area contributed by atoms with Crippen LogP contribution in [0.25, 0.3) is 16.7 Å². The summed E-state index contributed by atoms with van der Waals surface area (Å²) < 4.78 is 32.9. The Balaban J connectivity index is 1.62. The van der Waals surface area contributed by atoms with Crippen LogP contribution in [0.5, 0.6) is 0 Å². The van der Waals surface area contributed by atoms with Crippen molar-refractivity contribution in [3.8, 4) is 11.1 Å². The normalized spacial score (nSPS) is 18.9. The lowest BCUT2D eigenvalue weighted by molar-refractivity contribution is -0.115. The predicted octanol–water partition coefficient (Wildman–Crippen LogP) is 4.60. The molecular formula is C23H22F2N2O2S2. The van der Waals surface area contributed by atoms with E-state index in [9.17, 15) is 13.6 Å². The van der Waals surface area contributed by atoms with Gasteiger partial charge in [-0.25, -0.2) is 8.78 Å². The summed E-state index contributed by atoms with van der Waals surface area (Å²) in [6.45, 7) is 4.24. The van der Waals surface area contributed by atoms with Crippen molar-refractivity contribution in [2.75, 3.05) is 32.8 Å². The second-order valence-electron chi connectivity index (χ2n) is 7.42. The smallest absolute Gasteiger partial charge is 0.263 e. The molecule has 2 aliphatic rings. The monoisotopic (exact) mass is 460 g/mol. The third kappa shape index (κ3) is 5.38. The standard InChI is InChI=1S/C23H22F2N2O2S2/c24-19-7-6-16(14-20(19)25)15-3-1-4-17(13-15)18(21-22(28)26-23(30)31-21)5-2-8-27-9-11-29-12-10-27/h1,3-4,6-7,13-14H,2,5,8-12H2,(H,26,28,30)/b21-18-. The van der Waals surface area contributed by atoms with Crippen molar-refractivity contribution in [2.45, 2.75) is 12.8 Å². The van der Waals surface area contributed by atoms with Gasteiger partial charge in [0.25, 0.3) is 5.91 Å². The first-order chi connectivity index (χ1) is 15.0. The van der Waals surface area contributed by atoms with Gasteiger partial charge in [0, 0.05) is 13.1 Å². The van der Waals surface area contributed by atoms with E-state index in [-0.39, 0.29) is 5.91 Å². The molecule has 4 rings (SSSR count). The summed E-state index contributed by atoms with van der Waals surface area (Å²) in [5, 5.41) is 2.70. The van der Waals surface area contributed by atoms with Crippen LogP contribution in [0, 0.1) is 11.6 Å². The number of ether oxygens (including phenoxy) is 1. The maximum absolute atomic E-state index is 13.7. The molecule has 2 saturated heterocycles. The molecule has 4 nitrogen and oxygen atoms in total. The number of rotatable bonds is 6. The maximum Gasteiger partial charge on any atom is 0.263 e. The van der Waals surface area contributed by atoms with Crippen LogP contribution < -0.4 is 5.32 Å². The minimum Gasteiger partial charge on any atom is -0.379 e. The third-order valence-electron chi connectivity index (χ3n) is 5.36. The molecule has 31 heavy (non-hydrogen) atoms. The molecule has 0 aliphatic carbocycles. The fourth-order valence-electron chi connectivity index (χ4n) is 3.77. The number of carbonyl (C=O) groups excluding carboxylic acids is 1. The van der Waals surface area contributed by atoms with Gasteiger partial charge >= 0.3 is 0 Å². The Morgan fingerprint density at radius 2 is 1.87 bits per heavy atom. The Labute approximate surface area is 189 Å². The van der Waals surface area contributed by atoms with E-state index in [4.69, 9.17) is 17.0 Å². The van der Waals surface area contributed by atoms with Crippen molar-refractivity contribution in [1.29, 1.82) is 0 Å². The lowest BCUT2D eigenvalue weighted by Gasteiger charge is -2.26. The van der Waals surface area contributed by atoms with E-state index in [0.717, 1.165) is 62.0 Å². The number of hydrogen-bond acceptors (Lipinski definition) is 5. The number of hydrogen-bond donors (Lipinski definition) is 1. The van der Waals surface area contributed by atoms with Gasteiger partial charge in [0.2, 0.25) is 0 Å². The van der Waals surface area contributed by atoms with Gasteiger partial charge < -0.3 is 10.1 Å². The zero-order chi connectivity index (χ0) is 21.8. The zero-order valence-corrected chi connectivity index (χ0v) is 18.5. The molecule has 1 amide bonds. The first-order valence-corrected chi connectivity index (χ1v) is 11.4. The Morgan fingerprint density at radius 3 is 2.58 bits per heavy atom. The fraction of sp³-hybridized carbons (Fsp3) is 0.304. The summed E-state index contributed by atoms with van der Waals surface area (Å²) in [4.78, 5) is 15.5. The highest BCUT2D eigenvalue weighted by Crippen LogP contribution is 2.36. The molecule has 0 bridgehead atoms. The highest BCUT2D eigenvalue weighted by molar-refractivity contribution is 8.26. The molecule has 2 fully saturated rings. The molecule has 162 valence electrons. The van der Waals surface area contributed by atoms with Crippen molar-refractivity contribution in [2.24, 2.45) is 0 Å². The number of thiocarbonyl (C=S) groups is 1. The Morgan fingerprint density at radius 1 is 1.10 bits per heavy atom. The van der Waals surface area contributed by atoms with E-state index in [0.29, 0.717) is 21.2 Å². The van der Waals surface area contributed by atoms with E-state index < -0.39 is 11.6 Å². The highest BCUT2D eigenvalue weighted by Gasteiger charge is 2.27. The summed E-state index contributed by atoms with van der Waals surface area (Å²) in [6, 6.07) is 11.4. The molecule has 2 aromatic rings. The van der Waals surface area contributed by atoms with Gasteiger partial charge in [0.1, 0.15) is 4.32 Å². The van der Waals surface area contributed by atoms with Crippen LogP contribution in [-0.2, 0) is 9.53 Å². The molecule has 0 aromatic heterocycles. The molecule has 0 unspecified atom stereocenters. The number of carbonyl (C=O) groups is 1. The molecule has 2 aliphatic heterocycles. The molecule has 2 aromatic carbocycles. The van der Waals surface area contributed by atoms with Crippen LogP contribution in [0.1, 0.15) is 18.4 Å². The van der Waals surface area contributed by atoms with E-state index in [1.807, 2.05) is 24.3 Å².